The Labute approximate surface area is 84.0 Å². The number of carbonyl (C=O) groups is 1. The molecule has 0 aromatic heterocycles. The molecule has 1 N–H and O–H groups in total. The Morgan fingerprint density at radius 2 is 2.57 bits per heavy atom. The lowest BCUT2D eigenvalue weighted by atomic mass is 9.74. The van der Waals surface area contributed by atoms with Crippen LogP contribution in [0, 0.1) is 11.3 Å². The molecule has 0 spiro atoms. The van der Waals surface area contributed by atoms with Crippen molar-refractivity contribution in [3.8, 4) is 0 Å². The number of carbonyl (C=O) groups excluding carboxylic acids is 1. The van der Waals surface area contributed by atoms with Gasteiger partial charge in [-0.2, -0.15) is 0 Å². The summed E-state index contributed by atoms with van der Waals surface area (Å²) in [5.74, 6) is 0.258. The SMILES string of the molecule is CCOC(=O)[C@@]12CCOC[C@@H]1CNC2. The first kappa shape index (κ1) is 9.93. The second-order valence-electron chi connectivity index (χ2n) is 4.03. The predicted molar refractivity (Wildman–Crippen MR) is 50.9 cm³/mol. The van der Waals surface area contributed by atoms with E-state index in [-0.39, 0.29) is 11.4 Å². The topological polar surface area (TPSA) is 47.6 Å². The Kier molecular flexibility index (Phi) is 2.74. The molecular weight excluding hydrogens is 182 g/mol. The maximum atomic E-state index is 11.9. The van der Waals surface area contributed by atoms with E-state index in [1.807, 2.05) is 6.92 Å². The van der Waals surface area contributed by atoms with Gasteiger partial charge in [-0.15, -0.1) is 0 Å². The highest BCUT2D eigenvalue weighted by atomic mass is 16.5. The fourth-order valence-electron chi connectivity index (χ4n) is 2.42. The fraction of sp³-hybridized carbons (Fsp3) is 0.900. The third kappa shape index (κ3) is 1.42. The molecule has 0 radical (unpaired) electrons. The summed E-state index contributed by atoms with van der Waals surface area (Å²) in [5.41, 5.74) is -0.297. The molecule has 2 saturated heterocycles. The van der Waals surface area contributed by atoms with Gasteiger partial charge in [-0.3, -0.25) is 4.79 Å². The number of hydrogen-bond donors (Lipinski definition) is 1. The Balaban J connectivity index is 2.13. The molecule has 2 aliphatic rings. The molecule has 0 amide bonds. The van der Waals surface area contributed by atoms with Gasteiger partial charge >= 0.3 is 5.97 Å². The largest absolute Gasteiger partial charge is 0.466 e. The fourth-order valence-corrected chi connectivity index (χ4v) is 2.42. The molecule has 4 heteroatoms. The van der Waals surface area contributed by atoms with Gasteiger partial charge in [0, 0.05) is 25.6 Å². The smallest absolute Gasteiger partial charge is 0.313 e. The summed E-state index contributed by atoms with van der Waals surface area (Å²) in [6.45, 7) is 5.31. The first-order valence-corrected chi connectivity index (χ1v) is 5.25. The predicted octanol–water partition coefficient (Wildman–Crippen LogP) is 0.176. The Morgan fingerprint density at radius 3 is 3.36 bits per heavy atom. The van der Waals surface area contributed by atoms with Crippen molar-refractivity contribution in [3.63, 3.8) is 0 Å². The molecule has 0 aromatic rings. The monoisotopic (exact) mass is 199 g/mol. The van der Waals surface area contributed by atoms with E-state index in [0.717, 1.165) is 19.5 Å². The molecule has 0 aliphatic carbocycles. The average Bonchev–Trinajstić information content (AvgIpc) is 2.62. The van der Waals surface area contributed by atoms with Gasteiger partial charge in [0.2, 0.25) is 0 Å². The van der Waals surface area contributed by atoms with Crippen LogP contribution in [0.25, 0.3) is 0 Å². The van der Waals surface area contributed by atoms with Gasteiger partial charge in [0.05, 0.1) is 18.6 Å². The molecule has 0 unspecified atom stereocenters. The maximum absolute atomic E-state index is 11.9. The minimum Gasteiger partial charge on any atom is -0.466 e. The third-order valence-electron chi connectivity index (χ3n) is 3.31. The van der Waals surface area contributed by atoms with Crippen LogP contribution in [-0.2, 0) is 14.3 Å². The highest BCUT2D eigenvalue weighted by Gasteiger charge is 2.51. The van der Waals surface area contributed by atoms with Gasteiger partial charge in [-0.25, -0.2) is 0 Å². The molecule has 0 saturated carbocycles. The van der Waals surface area contributed by atoms with Crippen molar-refractivity contribution in [1.82, 2.24) is 5.32 Å². The van der Waals surface area contributed by atoms with Crippen LogP contribution in [0.3, 0.4) is 0 Å². The van der Waals surface area contributed by atoms with E-state index in [0.29, 0.717) is 25.7 Å². The van der Waals surface area contributed by atoms with Crippen LogP contribution in [0.4, 0.5) is 0 Å². The Bertz CT molecular complexity index is 231. The average molecular weight is 199 g/mol. The molecular formula is C10H17NO3. The molecule has 0 aromatic carbocycles. The molecule has 80 valence electrons. The lowest BCUT2D eigenvalue weighted by molar-refractivity contribution is -0.163. The summed E-state index contributed by atoms with van der Waals surface area (Å²) in [6, 6.07) is 0. The lowest BCUT2D eigenvalue weighted by Gasteiger charge is -2.35. The summed E-state index contributed by atoms with van der Waals surface area (Å²) in [6.07, 6.45) is 0.795. The van der Waals surface area contributed by atoms with Crippen molar-refractivity contribution in [2.24, 2.45) is 11.3 Å². The zero-order valence-electron chi connectivity index (χ0n) is 8.54. The van der Waals surface area contributed by atoms with Gasteiger partial charge < -0.3 is 14.8 Å². The minimum atomic E-state index is -0.297. The molecule has 2 heterocycles. The third-order valence-corrected chi connectivity index (χ3v) is 3.31. The summed E-state index contributed by atoms with van der Waals surface area (Å²) in [4.78, 5) is 11.9. The van der Waals surface area contributed by atoms with Crippen molar-refractivity contribution in [1.29, 1.82) is 0 Å². The van der Waals surface area contributed by atoms with Crippen LogP contribution >= 0.6 is 0 Å². The van der Waals surface area contributed by atoms with Gasteiger partial charge in [-0.05, 0) is 13.3 Å². The van der Waals surface area contributed by atoms with Crippen LogP contribution in [0.5, 0.6) is 0 Å². The molecule has 2 rings (SSSR count). The van der Waals surface area contributed by atoms with Gasteiger partial charge in [0.25, 0.3) is 0 Å². The number of hydrogen-bond acceptors (Lipinski definition) is 4. The van der Waals surface area contributed by atoms with Gasteiger partial charge in [-0.1, -0.05) is 0 Å². The molecule has 2 atom stereocenters. The molecule has 4 nitrogen and oxygen atoms in total. The van der Waals surface area contributed by atoms with E-state index in [9.17, 15) is 4.79 Å². The van der Waals surface area contributed by atoms with E-state index < -0.39 is 0 Å². The van der Waals surface area contributed by atoms with E-state index >= 15 is 0 Å². The molecule has 2 fully saturated rings. The normalized spacial score (nSPS) is 36.5. The summed E-state index contributed by atoms with van der Waals surface area (Å²) in [5, 5.41) is 3.26. The summed E-state index contributed by atoms with van der Waals surface area (Å²) < 4.78 is 10.5. The number of rotatable bonds is 2. The number of fused-ring (bicyclic) bond motifs is 1. The van der Waals surface area contributed by atoms with Crippen molar-refractivity contribution >= 4 is 5.97 Å². The Hall–Kier alpha value is -0.610. The first-order valence-electron chi connectivity index (χ1n) is 5.25. The molecule has 0 bridgehead atoms. The summed E-state index contributed by atoms with van der Waals surface area (Å²) >= 11 is 0. The number of esters is 1. The van der Waals surface area contributed by atoms with Crippen LogP contribution in [0.2, 0.25) is 0 Å². The number of ether oxygens (including phenoxy) is 2. The molecule has 14 heavy (non-hydrogen) atoms. The quantitative estimate of drug-likeness (QED) is 0.644. The van der Waals surface area contributed by atoms with E-state index in [1.165, 1.54) is 0 Å². The van der Waals surface area contributed by atoms with E-state index in [2.05, 4.69) is 5.32 Å². The van der Waals surface area contributed by atoms with Gasteiger partial charge in [0.1, 0.15) is 0 Å². The zero-order chi connectivity index (χ0) is 10.0. The lowest BCUT2D eigenvalue weighted by Crippen LogP contribution is -2.45. The van der Waals surface area contributed by atoms with E-state index in [4.69, 9.17) is 9.47 Å². The van der Waals surface area contributed by atoms with Crippen molar-refractivity contribution < 1.29 is 14.3 Å². The standard InChI is InChI=1S/C10H17NO3/c1-2-14-9(12)10-3-4-13-6-8(10)5-11-7-10/h8,11H,2-7H2,1H3/t8-,10+/m0/s1. The second kappa shape index (κ2) is 3.87. The van der Waals surface area contributed by atoms with Crippen molar-refractivity contribution in [3.05, 3.63) is 0 Å². The van der Waals surface area contributed by atoms with Gasteiger partial charge in [0.15, 0.2) is 0 Å². The van der Waals surface area contributed by atoms with Crippen LogP contribution in [0.15, 0.2) is 0 Å². The zero-order valence-corrected chi connectivity index (χ0v) is 8.54. The van der Waals surface area contributed by atoms with Crippen LogP contribution < -0.4 is 5.32 Å². The number of nitrogens with one attached hydrogen (secondary N) is 1. The first-order chi connectivity index (χ1) is 6.79. The van der Waals surface area contributed by atoms with Crippen molar-refractivity contribution in [2.75, 3.05) is 32.9 Å². The van der Waals surface area contributed by atoms with Crippen molar-refractivity contribution in [2.45, 2.75) is 13.3 Å². The second-order valence-corrected chi connectivity index (χ2v) is 4.03. The van der Waals surface area contributed by atoms with Crippen LogP contribution in [0.1, 0.15) is 13.3 Å². The highest BCUT2D eigenvalue weighted by molar-refractivity contribution is 5.78. The summed E-state index contributed by atoms with van der Waals surface area (Å²) in [7, 11) is 0. The minimum absolute atomic E-state index is 0.0432. The molecule has 2 aliphatic heterocycles. The van der Waals surface area contributed by atoms with Crippen LogP contribution in [-0.4, -0.2) is 38.9 Å². The van der Waals surface area contributed by atoms with E-state index in [1.54, 1.807) is 0 Å². The highest BCUT2D eigenvalue weighted by Crippen LogP contribution is 2.39. The maximum Gasteiger partial charge on any atom is 0.313 e. The Morgan fingerprint density at radius 1 is 1.71 bits per heavy atom.